The Morgan fingerprint density at radius 1 is 1.03 bits per heavy atom. The van der Waals surface area contributed by atoms with Crippen LogP contribution < -0.4 is 9.47 Å². The molecule has 3 aromatic carbocycles. The largest absolute Gasteiger partial charge is 0.497 e. The molecular formula is C33H33NO5. The zero-order chi connectivity index (χ0) is 27.0. The van der Waals surface area contributed by atoms with Crippen LogP contribution in [0.3, 0.4) is 0 Å². The Morgan fingerprint density at radius 3 is 2.36 bits per heavy atom. The van der Waals surface area contributed by atoms with Gasteiger partial charge in [-0.2, -0.15) is 0 Å². The van der Waals surface area contributed by atoms with Crippen LogP contribution in [0, 0.1) is 23.7 Å². The third-order valence-electron chi connectivity index (χ3n) is 8.55. The molecule has 6 rings (SSSR count). The van der Waals surface area contributed by atoms with Crippen LogP contribution in [0.5, 0.6) is 17.2 Å². The van der Waals surface area contributed by atoms with Gasteiger partial charge in [0, 0.05) is 41.6 Å². The van der Waals surface area contributed by atoms with Crippen LogP contribution in [-0.4, -0.2) is 48.8 Å². The van der Waals surface area contributed by atoms with Crippen LogP contribution in [0.1, 0.15) is 42.4 Å². The summed E-state index contributed by atoms with van der Waals surface area (Å²) >= 11 is 0. The molecule has 0 spiro atoms. The van der Waals surface area contributed by atoms with Gasteiger partial charge < -0.3 is 24.2 Å². The van der Waals surface area contributed by atoms with Crippen molar-refractivity contribution in [1.82, 2.24) is 4.90 Å². The van der Waals surface area contributed by atoms with Crippen molar-refractivity contribution in [1.29, 1.82) is 0 Å². The summed E-state index contributed by atoms with van der Waals surface area (Å²) in [6.45, 7) is 0.851. The minimum absolute atomic E-state index is 0.222. The molecule has 2 bridgehead atoms. The second-order valence-electron chi connectivity index (χ2n) is 10.7. The van der Waals surface area contributed by atoms with Crippen molar-refractivity contribution in [3.05, 3.63) is 89.5 Å². The van der Waals surface area contributed by atoms with Gasteiger partial charge in [-0.1, -0.05) is 48.2 Å². The first kappa shape index (κ1) is 25.5. The normalized spacial score (nSPS) is 23.7. The van der Waals surface area contributed by atoms with Crippen LogP contribution in [0.2, 0.25) is 0 Å². The van der Waals surface area contributed by atoms with Crippen molar-refractivity contribution >= 4 is 5.97 Å². The smallest absolute Gasteiger partial charge is 0.348 e. The maximum Gasteiger partial charge on any atom is 0.348 e. The number of carbonyl (C=O) groups is 1. The lowest BCUT2D eigenvalue weighted by Gasteiger charge is -2.35. The van der Waals surface area contributed by atoms with Gasteiger partial charge in [-0.15, -0.1) is 0 Å². The molecule has 3 aliphatic rings. The molecule has 6 nitrogen and oxygen atoms in total. The molecule has 200 valence electrons. The highest BCUT2D eigenvalue weighted by Crippen LogP contribution is 2.51. The minimum Gasteiger partial charge on any atom is -0.497 e. The van der Waals surface area contributed by atoms with E-state index in [0.29, 0.717) is 34.6 Å². The van der Waals surface area contributed by atoms with Gasteiger partial charge in [0.1, 0.15) is 23.4 Å². The van der Waals surface area contributed by atoms with E-state index < -0.39 is 11.6 Å². The average Bonchev–Trinajstić information content (AvgIpc) is 3.54. The van der Waals surface area contributed by atoms with Gasteiger partial charge in [0.15, 0.2) is 0 Å². The summed E-state index contributed by atoms with van der Waals surface area (Å²) in [6, 6.07) is 22.4. The Kier molecular flexibility index (Phi) is 6.80. The highest BCUT2D eigenvalue weighted by atomic mass is 16.6. The number of ether oxygens (including phenoxy) is 3. The Labute approximate surface area is 229 Å². The molecule has 1 aliphatic heterocycles. The van der Waals surface area contributed by atoms with E-state index in [4.69, 9.17) is 14.2 Å². The topological polar surface area (TPSA) is 68.2 Å². The predicted molar refractivity (Wildman–Crippen MR) is 148 cm³/mol. The average molecular weight is 524 g/mol. The number of benzene rings is 3. The summed E-state index contributed by atoms with van der Waals surface area (Å²) in [5.74, 6) is 8.37. The molecular weight excluding hydrogens is 490 g/mol. The van der Waals surface area contributed by atoms with Crippen molar-refractivity contribution in [2.45, 2.75) is 43.4 Å². The number of para-hydroxylation sites is 2. The van der Waals surface area contributed by atoms with E-state index in [1.54, 1.807) is 43.5 Å². The van der Waals surface area contributed by atoms with Gasteiger partial charge in [0.2, 0.25) is 5.60 Å². The van der Waals surface area contributed by atoms with Crippen molar-refractivity contribution in [3.63, 3.8) is 0 Å². The lowest BCUT2D eigenvalue weighted by atomic mass is 9.83. The monoisotopic (exact) mass is 523 g/mol. The highest BCUT2D eigenvalue weighted by molar-refractivity contribution is 5.88. The zero-order valence-electron chi connectivity index (χ0n) is 22.3. The minimum atomic E-state index is -1.91. The molecule has 3 aromatic rings. The number of aliphatic hydroxyl groups is 1. The molecule has 1 N–H and O–H groups in total. The maximum atomic E-state index is 13.8. The third-order valence-corrected chi connectivity index (χ3v) is 8.55. The number of carbonyl (C=O) groups excluding carboxylic acids is 1. The first-order valence-corrected chi connectivity index (χ1v) is 13.6. The van der Waals surface area contributed by atoms with Gasteiger partial charge in [-0.3, -0.25) is 0 Å². The summed E-state index contributed by atoms with van der Waals surface area (Å²) < 4.78 is 17.4. The van der Waals surface area contributed by atoms with E-state index in [9.17, 15) is 9.90 Å². The fourth-order valence-corrected chi connectivity index (χ4v) is 6.69. The van der Waals surface area contributed by atoms with Crippen molar-refractivity contribution in [3.8, 4) is 29.1 Å². The number of hydrogen-bond donors (Lipinski definition) is 1. The molecule has 0 aromatic heterocycles. The molecule has 6 heteroatoms. The Bertz CT molecular complexity index is 1380. The number of nitrogens with zero attached hydrogens (tertiary/aromatic N) is 1. The van der Waals surface area contributed by atoms with E-state index in [1.807, 2.05) is 36.4 Å². The quantitative estimate of drug-likeness (QED) is 0.357. The number of methoxy groups -OCH3 is 1. The van der Waals surface area contributed by atoms with Crippen molar-refractivity contribution < 1.29 is 24.1 Å². The fourth-order valence-electron chi connectivity index (χ4n) is 6.69. The van der Waals surface area contributed by atoms with E-state index in [0.717, 1.165) is 43.5 Å². The van der Waals surface area contributed by atoms with Crippen molar-refractivity contribution in [2.24, 2.45) is 11.8 Å². The van der Waals surface area contributed by atoms with E-state index in [2.05, 4.69) is 23.8 Å². The molecule has 1 heterocycles. The second-order valence-corrected chi connectivity index (χ2v) is 10.7. The highest BCUT2D eigenvalue weighted by Gasteiger charge is 2.54. The Balaban J connectivity index is 1.13. The summed E-state index contributed by atoms with van der Waals surface area (Å²) in [4.78, 5) is 16.2. The van der Waals surface area contributed by atoms with E-state index in [1.165, 1.54) is 0 Å². The molecule has 39 heavy (non-hydrogen) atoms. The predicted octanol–water partition coefficient (Wildman–Crippen LogP) is 5.12. The standard InChI is InChI=1S/C33H33NO5/c1-34(20-8-7-9-22-14-17-24(37-2)18-15-22)31-23-16-19-25(31)30(21-23)39-32(35)33(36)26-10-3-5-12-28(26)38-29-13-6-4-11-27(29)33/h3-6,10-15,17-18,23,25,30-31,36H,8,16,19-21H2,1-2H3/t23?,25-,30-,31?/m1/s1. The van der Waals surface area contributed by atoms with Gasteiger partial charge >= 0.3 is 5.97 Å². The number of hydrogen-bond acceptors (Lipinski definition) is 6. The molecule has 0 amide bonds. The number of esters is 1. The second kappa shape index (κ2) is 10.4. The molecule has 4 atom stereocenters. The SMILES string of the molecule is COc1ccc(C#CCCN(C)C2C3CC[C@@H]2[C@H](OC(=O)C2(O)c4ccccc4Oc4ccccc42)C3)cc1. The number of fused-ring (bicyclic) bond motifs is 4. The maximum absolute atomic E-state index is 13.8. The van der Waals surface area contributed by atoms with Crippen LogP contribution >= 0.6 is 0 Å². The van der Waals surface area contributed by atoms with E-state index in [-0.39, 0.29) is 12.0 Å². The summed E-state index contributed by atoms with van der Waals surface area (Å²) in [5.41, 5.74) is -0.103. The molecule has 2 saturated carbocycles. The molecule has 2 unspecified atom stereocenters. The molecule has 0 radical (unpaired) electrons. The van der Waals surface area contributed by atoms with Crippen LogP contribution in [0.4, 0.5) is 0 Å². The summed E-state index contributed by atoms with van der Waals surface area (Å²) in [6.07, 6.45) is 3.51. The van der Waals surface area contributed by atoms with Crippen LogP contribution in [0.15, 0.2) is 72.8 Å². The summed E-state index contributed by atoms with van der Waals surface area (Å²) in [7, 11) is 3.80. The van der Waals surface area contributed by atoms with Gasteiger partial charge in [0.25, 0.3) is 0 Å². The molecule has 2 aliphatic carbocycles. The van der Waals surface area contributed by atoms with Crippen LogP contribution in [-0.2, 0) is 15.1 Å². The summed E-state index contributed by atoms with van der Waals surface area (Å²) in [5, 5.41) is 11.9. The third kappa shape index (κ3) is 4.56. The number of rotatable bonds is 6. The molecule has 2 fully saturated rings. The van der Waals surface area contributed by atoms with Crippen molar-refractivity contribution in [2.75, 3.05) is 20.7 Å². The van der Waals surface area contributed by atoms with Crippen LogP contribution in [0.25, 0.3) is 0 Å². The van der Waals surface area contributed by atoms with E-state index >= 15 is 0 Å². The Morgan fingerprint density at radius 2 is 1.69 bits per heavy atom. The lowest BCUT2D eigenvalue weighted by molar-refractivity contribution is -0.171. The first-order chi connectivity index (χ1) is 19.0. The van der Waals surface area contributed by atoms with Gasteiger partial charge in [0.05, 0.1) is 7.11 Å². The molecule has 0 saturated heterocycles. The first-order valence-electron chi connectivity index (χ1n) is 13.6. The Hall–Kier alpha value is -3.79. The zero-order valence-corrected chi connectivity index (χ0v) is 22.3. The lowest BCUT2D eigenvalue weighted by Crippen LogP contribution is -2.44. The van der Waals surface area contributed by atoms with Gasteiger partial charge in [-0.25, -0.2) is 4.79 Å². The fraction of sp³-hybridized carbons (Fsp3) is 0.364. The van der Waals surface area contributed by atoms with Gasteiger partial charge in [-0.05, 0) is 68.6 Å².